The number of carbonyl (C=O) groups is 2. The lowest BCUT2D eigenvalue weighted by Gasteiger charge is -2.29. The Hall–Kier alpha value is -2.14. The number of carbonyl (C=O) groups excluding carboxylic acids is 2. The van der Waals surface area contributed by atoms with E-state index in [1.54, 1.807) is 4.90 Å². The SMILES string of the molecule is CC(C)c1ccc(C2C(C(=O)C3CC3)=C(O)C(=O)N2CCN2CCCC2)cc1. The van der Waals surface area contributed by atoms with E-state index in [2.05, 4.69) is 30.9 Å². The van der Waals surface area contributed by atoms with Crippen LogP contribution in [0.1, 0.15) is 62.6 Å². The van der Waals surface area contributed by atoms with Crippen LogP contribution in [0.4, 0.5) is 0 Å². The van der Waals surface area contributed by atoms with Gasteiger partial charge in [-0.05, 0) is 55.8 Å². The van der Waals surface area contributed by atoms with Crippen LogP contribution in [0.5, 0.6) is 0 Å². The number of benzene rings is 1. The highest BCUT2D eigenvalue weighted by Crippen LogP contribution is 2.43. The summed E-state index contributed by atoms with van der Waals surface area (Å²) < 4.78 is 0. The van der Waals surface area contributed by atoms with Crippen LogP contribution in [0.3, 0.4) is 0 Å². The topological polar surface area (TPSA) is 60.9 Å². The van der Waals surface area contributed by atoms with Crippen LogP contribution in [0.2, 0.25) is 0 Å². The molecule has 1 saturated heterocycles. The van der Waals surface area contributed by atoms with Crippen LogP contribution in [0.15, 0.2) is 35.6 Å². The predicted molar refractivity (Wildman–Crippen MR) is 108 cm³/mol. The molecule has 5 nitrogen and oxygen atoms in total. The van der Waals surface area contributed by atoms with Gasteiger partial charge >= 0.3 is 0 Å². The van der Waals surface area contributed by atoms with Crippen molar-refractivity contribution in [3.05, 3.63) is 46.7 Å². The van der Waals surface area contributed by atoms with Crippen molar-refractivity contribution in [2.75, 3.05) is 26.2 Å². The van der Waals surface area contributed by atoms with Crippen molar-refractivity contribution in [3.8, 4) is 0 Å². The largest absolute Gasteiger partial charge is 0.503 e. The van der Waals surface area contributed by atoms with E-state index in [0.29, 0.717) is 18.0 Å². The molecule has 28 heavy (non-hydrogen) atoms. The number of hydrogen-bond donors (Lipinski definition) is 1. The maximum Gasteiger partial charge on any atom is 0.290 e. The van der Waals surface area contributed by atoms with E-state index < -0.39 is 11.9 Å². The molecule has 5 heteroatoms. The summed E-state index contributed by atoms with van der Waals surface area (Å²) in [5, 5.41) is 10.6. The number of nitrogens with zero attached hydrogens (tertiary/aromatic N) is 2. The van der Waals surface area contributed by atoms with Gasteiger partial charge in [-0.1, -0.05) is 38.1 Å². The molecule has 1 saturated carbocycles. The summed E-state index contributed by atoms with van der Waals surface area (Å²) in [4.78, 5) is 29.8. The van der Waals surface area contributed by atoms with E-state index in [0.717, 1.165) is 38.0 Å². The van der Waals surface area contributed by atoms with E-state index in [9.17, 15) is 14.7 Å². The Balaban J connectivity index is 1.64. The van der Waals surface area contributed by atoms with Gasteiger partial charge in [-0.25, -0.2) is 0 Å². The highest BCUT2D eigenvalue weighted by molar-refractivity contribution is 6.10. The molecule has 0 bridgehead atoms. The monoisotopic (exact) mass is 382 g/mol. The second kappa shape index (κ2) is 7.70. The van der Waals surface area contributed by atoms with E-state index in [1.165, 1.54) is 18.4 Å². The first-order valence-corrected chi connectivity index (χ1v) is 10.6. The number of aliphatic hydroxyl groups excluding tert-OH is 1. The highest BCUT2D eigenvalue weighted by Gasteiger charge is 2.46. The van der Waals surface area contributed by atoms with Crippen molar-refractivity contribution in [2.45, 2.75) is 51.5 Å². The van der Waals surface area contributed by atoms with E-state index >= 15 is 0 Å². The lowest BCUT2D eigenvalue weighted by atomic mass is 9.92. The highest BCUT2D eigenvalue weighted by atomic mass is 16.3. The summed E-state index contributed by atoms with van der Waals surface area (Å²) in [6, 6.07) is 7.68. The number of rotatable bonds is 7. The molecule has 3 aliphatic rings. The molecule has 1 amide bonds. The Morgan fingerprint density at radius 1 is 1.11 bits per heavy atom. The molecule has 0 radical (unpaired) electrons. The summed E-state index contributed by atoms with van der Waals surface area (Å²) in [7, 11) is 0. The smallest absolute Gasteiger partial charge is 0.290 e. The number of ketones is 1. The Morgan fingerprint density at radius 3 is 2.32 bits per heavy atom. The van der Waals surface area contributed by atoms with Gasteiger partial charge in [-0.3, -0.25) is 9.59 Å². The van der Waals surface area contributed by atoms with Crippen molar-refractivity contribution in [1.82, 2.24) is 9.80 Å². The fourth-order valence-electron chi connectivity index (χ4n) is 4.37. The molecule has 2 fully saturated rings. The first kappa shape index (κ1) is 19.2. The quantitative estimate of drug-likeness (QED) is 0.783. The zero-order valence-corrected chi connectivity index (χ0v) is 16.9. The zero-order chi connectivity index (χ0) is 19.8. The Morgan fingerprint density at radius 2 is 1.75 bits per heavy atom. The Bertz CT molecular complexity index is 787. The molecule has 1 aromatic rings. The average molecular weight is 383 g/mol. The van der Waals surface area contributed by atoms with Gasteiger partial charge in [0.2, 0.25) is 0 Å². The number of hydrogen-bond acceptors (Lipinski definition) is 4. The molecule has 2 aliphatic heterocycles. The van der Waals surface area contributed by atoms with Crippen LogP contribution >= 0.6 is 0 Å². The molecule has 1 N–H and O–H groups in total. The van der Waals surface area contributed by atoms with E-state index in [-0.39, 0.29) is 17.5 Å². The summed E-state index contributed by atoms with van der Waals surface area (Å²) in [5.74, 6) is -0.396. The van der Waals surface area contributed by atoms with Crippen LogP contribution in [-0.2, 0) is 9.59 Å². The maximum absolute atomic E-state index is 12.9. The molecular weight excluding hydrogens is 352 g/mol. The third kappa shape index (κ3) is 3.60. The average Bonchev–Trinajstić information content (AvgIpc) is 3.36. The summed E-state index contributed by atoms with van der Waals surface area (Å²) >= 11 is 0. The molecule has 0 aromatic heterocycles. The summed E-state index contributed by atoms with van der Waals surface area (Å²) in [6.07, 6.45) is 4.11. The van der Waals surface area contributed by atoms with Crippen LogP contribution < -0.4 is 0 Å². The first-order valence-electron chi connectivity index (χ1n) is 10.6. The van der Waals surface area contributed by atoms with Gasteiger partial charge in [0.1, 0.15) is 0 Å². The molecular formula is C23H30N2O3. The van der Waals surface area contributed by atoms with Crippen molar-refractivity contribution >= 4 is 11.7 Å². The van der Waals surface area contributed by atoms with Gasteiger partial charge < -0.3 is 14.9 Å². The standard InChI is InChI=1S/C23H30N2O3/c1-15(2)16-5-7-17(8-6-16)20-19(21(26)18-9-10-18)22(27)23(28)25(20)14-13-24-11-3-4-12-24/h5-8,15,18,20,27H,3-4,9-14H2,1-2H3. The minimum Gasteiger partial charge on any atom is -0.503 e. The van der Waals surface area contributed by atoms with Gasteiger partial charge in [-0.2, -0.15) is 0 Å². The number of likely N-dealkylation sites (tertiary alicyclic amines) is 1. The lowest BCUT2D eigenvalue weighted by molar-refractivity contribution is -0.129. The number of amides is 1. The summed E-state index contributed by atoms with van der Waals surface area (Å²) in [5.41, 5.74) is 2.44. The second-order valence-electron chi connectivity index (χ2n) is 8.67. The molecule has 1 aliphatic carbocycles. The number of aliphatic hydroxyl groups is 1. The van der Waals surface area contributed by atoms with Gasteiger partial charge in [0.15, 0.2) is 11.5 Å². The van der Waals surface area contributed by atoms with Gasteiger partial charge in [-0.15, -0.1) is 0 Å². The fourth-order valence-corrected chi connectivity index (χ4v) is 4.37. The molecule has 4 rings (SSSR count). The molecule has 1 unspecified atom stereocenters. The van der Waals surface area contributed by atoms with E-state index in [4.69, 9.17) is 0 Å². The summed E-state index contributed by atoms with van der Waals surface area (Å²) in [6.45, 7) is 7.71. The molecule has 1 aromatic carbocycles. The third-order valence-electron chi connectivity index (χ3n) is 6.29. The maximum atomic E-state index is 12.9. The predicted octanol–water partition coefficient (Wildman–Crippen LogP) is 3.58. The fraction of sp³-hybridized carbons (Fsp3) is 0.565. The second-order valence-corrected chi connectivity index (χ2v) is 8.67. The third-order valence-corrected chi connectivity index (χ3v) is 6.29. The molecule has 2 heterocycles. The Labute approximate surface area is 167 Å². The first-order chi connectivity index (χ1) is 13.5. The van der Waals surface area contributed by atoms with Crippen molar-refractivity contribution in [3.63, 3.8) is 0 Å². The van der Waals surface area contributed by atoms with Crippen molar-refractivity contribution < 1.29 is 14.7 Å². The molecule has 150 valence electrons. The Kier molecular flexibility index (Phi) is 5.28. The minimum atomic E-state index is -0.468. The van der Waals surface area contributed by atoms with E-state index in [1.807, 2.05) is 12.1 Å². The minimum absolute atomic E-state index is 0.0269. The molecule has 0 spiro atoms. The lowest BCUT2D eigenvalue weighted by Crippen LogP contribution is -2.38. The van der Waals surface area contributed by atoms with Gasteiger partial charge in [0, 0.05) is 19.0 Å². The van der Waals surface area contributed by atoms with Crippen molar-refractivity contribution in [1.29, 1.82) is 0 Å². The van der Waals surface area contributed by atoms with Gasteiger partial charge in [0.25, 0.3) is 5.91 Å². The zero-order valence-electron chi connectivity index (χ0n) is 16.9. The van der Waals surface area contributed by atoms with Crippen LogP contribution in [0, 0.1) is 5.92 Å². The number of Topliss-reactive ketones (excluding diaryl/α,β-unsaturated/α-hetero) is 1. The van der Waals surface area contributed by atoms with Crippen LogP contribution in [-0.4, -0.2) is 52.8 Å². The normalized spacial score (nSPS) is 23.3. The van der Waals surface area contributed by atoms with Gasteiger partial charge in [0.05, 0.1) is 11.6 Å². The van der Waals surface area contributed by atoms with Crippen molar-refractivity contribution in [2.24, 2.45) is 5.92 Å². The van der Waals surface area contributed by atoms with Crippen LogP contribution in [0.25, 0.3) is 0 Å². The molecule has 1 atom stereocenters.